The number of ether oxygens (including phenoxy) is 2. The molecular formula is C22H23F2N3O7. The normalized spacial score (nSPS) is 18.3. The van der Waals surface area contributed by atoms with Gasteiger partial charge in [-0.3, -0.25) is 9.69 Å². The van der Waals surface area contributed by atoms with Crippen LogP contribution in [-0.2, 0) is 9.53 Å². The van der Waals surface area contributed by atoms with Crippen LogP contribution >= 0.6 is 0 Å². The summed E-state index contributed by atoms with van der Waals surface area (Å²) in [6, 6.07) is 3.61. The molecule has 1 atom stereocenters. The second kappa shape index (κ2) is 10.2. The summed E-state index contributed by atoms with van der Waals surface area (Å²) in [7, 11) is 0. The van der Waals surface area contributed by atoms with Crippen LogP contribution in [0.25, 0.3) is 5.57 Å². The van der Waals surface area contributed by atoms with Crippen LogP contribution in [-0.4, -0.2) is 77.8 Å². The lowest BCUT2D eigenvalue weighted by atomic mass is 9.97. The molecule has 0 saturated carbocycles. The Hall–Kier alpha value is -3.51. The van der Waals surface area contributed by atoms with Gasteiger partial charge in [0.05, 0.1) is 31.4 Å². The summed E-state index contributed by atoms with van der Waals surface area (Å²) in [5.74, 6) is -2.82. The first kappa shape index (κ1) is 23.6. The SMILES string of the molecule is O=C(C(CO)CO)N1CC=C(c2c(F)cc(N3C[C@H](COc4ccon4)OC3=O)cc2F)CC1. The highest BCUT2D eigenvalue weighted by Gasteiger charge is 2.34. The fraction of sp³-hybridized carbons (Fsp3) is 0.409. The number of anilines is 1. The van der Waals surface area contributed by atoms with Gasteiger partial charge in [-0.15, -0.1) is 0 Å². The zero-order valence-corrected chi connectivity index (χ0v) is 18.0. The predicted molar refractivity (Wildman–Crippen MR) is 113 cm³/mol. The van der Waals surface area contributed by atoms with Crippen molar-refractivity contribution in [2.75, 3.05) is 44.4 Å². The molecule has 2 aliphatic heterocycles. The molecule has 2 amide bonds. The average molecular weight is 479 g/mol. The topological polar surface area (TPSA) is 126 Å². The van der Waals surface area contributed by atoms with Crippen LogP contribution in [0.2, 0.25) is 0 Å². The van der Waals surface area contributed by atoms with E-state index in [1.165, 1.54) is 23.3 Å². The number of benzene rings is 1. The molecule has 0 spiro atoms. The van der Waals surface area contributed by atoms with Crippen LogP contribution in [0.5, 0.6) is 5.88 Å². The number of halogens is 2. The number of hydrogen-bond acceptors (Lipinski definition) is 8. The van der Waals surface area contributed by atoms with Crippen LogP contribution in [0.15, 0.2) is 35.1 Å². The van der Waals surface area contributed by atoms with Crippen molar-refractivity contribution in [1.29, 1.82) is 0 Å². The van der Waals surface area contributed by atoms with Gasteiger partial charge in [0.25, 0.3) is 5.88 Å². The van der Waals surface area contributed by atoms with Gasteiger partial charge in [0.2, 0.25) is 5.91 Å². The van der Waals surface area contributed by atoms with E-state index in [1.54, 1.807) is 0 Å². The van der Waals surface area contributed by atoms with E-state index in [-0.39, 0.29) is 49.8 Å². The molecule has 0 radical (unpaired) electrons. The standard InChI is InChI=1S/C22H23F2N3O7/c23-17-7-15(27-9-16(34-22(27)31)12-32-19-3-6-33-25-19)8-18(24)20(17)13-1-4-26(5-2-13)21(30)14(10-28)11-29/h1,3,6-8,14,16,28-29H,2,4-5,9-12H2/t16-/m1/s1. The highest BCUT2D eigenvalue weighted by molar-refractivity contribution is 5.90. The van der Waals surface area contributed by atoms with Gasteiger partial charge in [-0.1, -0.05) is 6.08 Å². The Bertz CT molecular complexity index is 1050. The molecule has 10 nitrogen and oxygen atoms in total. The van der Waals surface area contributed by atoms with E-state index in [4.69, 9.17) is 9.47 Å². The minimum atomic E-state index is -0.923. The maximum atomic E-state index is 15.0. The maximum Gasteiger partial charge on any atom is 0.414 e. The Balaban J connectivity index is 1.44. The quantitative estimate of drug-likeness (QED) is 0.585. The zero-order valence-electron chi connectivity index (χ0n) is 18.0. The van der Waals surface area contributed by atoms with Crippen LogP contribution in [0.3, 0.4) is 0 Å². The lowest BCUT2D eigenvalue weighted by Crippen LogP contribution is -2.41. The van der Waals surface area contributed by atoms with Gasteiger partial charge >= 0.3 is 6.09 Å². The molecule has 4 rings (SSSR count). The first-order chi connectivity index (χ1) is 16.4. The van der Waals surface area contributed by atoms with Crippen molar-refractivity contribution in [2.45, 2.75) is 12.5 Å². The Morgan fingerprint density at radius 2 is 2.00 bits per heavy atom. The third-order valence-corrected chi connectivity index (χ3v) is 5.68. The Morgan fingerprint density at radius 1 is 1.26 bits per heavy atom. The molecule has 2 aliphatic rings. The van der Waals surface area contributed by atoms with Crippen molar-refractivity contribution in [1.82, 2.24) is 10.1 Å². The van der Waals surface area contributed by atoms with Crippen molar-refractivity contribution in [3.05, 3.63) is 47.7 Å². The number of aliphatic hydroxyl groups excluding tert-OH is 2. The number of cyclic esters (lactones) is 1. The average Bonchev–Trinajstić information content (AvgIpc) is 3.48. The summed E-state index contributed by atoms with van der Waals surface area (Å²) < 4.78 is 45.1. The number of carbonyl (C=O) groups is 2. The zero-order chi connectivity index (χ0) is 24.2. The lowest BCUT2D eigenvalue weighted by molar-refractivity contribution is -0.137. The van der Waals surface area contributed by atoms with Crippen LogP contribution in [0.4, 0.5) is 19.3 Å². The fourth-order valence-electron chi connectivity index (χ4n) is 3.86. The first-order valence-corrected chi connectivity index (χ1v) is 10.6. The van der Waals surface area contributed by atoms with Crippen molar-refractivity contribution < 1.29 is 42.6 Å². The number of aromatic nitrogens is 1. The third kappa shape index (κ3) is 4.87. The summed E-state index contributed by atoms with van der Waals surface area (Å²) in [6.07, 6.45) is 1.63. The van der Waals surface area contributed by atoms with Gasteiger partial charge in [0.15, 0.2) is 6.10 Å². The summed E-state index contributed by atoms with van der Waals surface area (Å²) >= 11 is 0. The van der Waals surface area contributed by atoms with E-state index in [0.29, 0.717) is 5.57 Å². The molecular weight excluding hydrogens is 456 g/mol. The Morgan fingerprint density at radius 3 is 2.59 bits per heavy atom. The van der Waals surface area contributed by atoms with Gasteiger partial charge < -0.3 is 29.1 Å². The van der Waals surface area contributed by atoms with Crippen LogP contribution in [0.1, 0.15) is 12.0 Å². The van der Waals surface area contributed by atoms with Crippen molar-refractivity contribution >= 4 is 23.3 Å². The molecule has 182 valence electrons. The van der Waals surface area contributed by atoms with E-state index in [1.807, 2.05) is 0 Å². The number of carbonyl (C=O) groups excluding carboxylic acids is 2. The molecule has 0 unspecified atom stereocenters. The number of amides is 2. The number of nitrogens with zero attached hydrogens (tertiary/aromatic N) is 3. The highest BCUT2D eigenvalue weighted by Crippen LogP contribution is 2.32. The number of hydrogen-bond donors (Lipinski definition) is 2. The van der Waals surface area contributed by atoms with Crippen LogP contribution < -0.4 is 9.64 Å². The Kier molecular flexibility index (Phi) is 7.08. The van der Waals surface area contributed by atoms with E-state index in [0.717, 1.165) is 17.0 Å². The van der Waals surface area contributed by atoms with E-state index < -0.39 is 48.9 Å². The molecule has 2 N–H and O–H groups in total. The minimum absolute atomic E-state index is 0.00660. The van der Waals surface area contributed by atoms with Crippen molar-refractivity contribution in [3.63, 3.8) is 0 Å². The lowest BCUT2D eigenvalue weighted by Gasteiger charge is -2.29. The van der Waals surface area contributed by atoms with E-state index >= 15 is 0 Å². The first-order valence-electron chi connectivity index (χ1n) is 10.6. The highest BCUT2D eigenvalue weighted by atomic mass is 19.1. The van der Waals surface area contributed by atoms with Gasteiger partial charge in [0.1, 0.15) is 24.5 Å². The number of rotatable bonds is 8. The van der Waals surface area contributed by atoms with E-state index in [2.05, 4.69) is 9.68 Å². The molecule has 12 heteroatoms. The predicted octanol–water partition coefficient (Wildman–Crippen LogP) is 1.57. The molecule has 34 heavy (non-hydrogen) atoms. The van der Waals surface area contributed by atoms with E-state index in [9.17, 15) is 28.6 Å². The second-order valence-electron chi connectivity index (χ2n) is 7.88. The largest absolute Gasteiger partial charge is 0.471 e. The summed E-state index contributed by atoms with van der Waals surface area (Å²) in [5.41, 5.74) is 0.169. The molecule has 1 saturated heterocycles. The smallest absolute Gasteiger partial charge is 0.414 e. The molecule has 2 aromatic rings. The van der Waals surface area contributed by atoms with Gasteiger partial charge in [-0.2, -0.15) is 0 Å². The van der Waals surface area contributed by atoms with Gasteiger partial charge in [-0.05, 0) is 29.3 Å². The van der Waals surface area contributed by atoms with Crippen LogP contribution in [0, 0.1) is 17.6 Å². The molecule has 1 aromatic carbocycles. The molecule has 0 aliphatic carbocycles. The van der Waals surface area contributed by atoms with Gasteiger partial charge in [-0.25, -0.2) is 13.6 Å². The van der Waals surface area contributed by atoms with Crippen molar-refractivity contribution in [3.8, 4) is 5.88 Å². The molecule has 1 fully saturated rings. The summed E-state index contributed by atoms with van der Waals surface area (Å²) in [6.45, 7) is -0.665. The number of aliphatic hydroxyl groups is 2. The minimum Gasteiger partial charge on any atom is -0.471 e. The monoisotopic (exact) mass is 479 g/mol. The molecule has 0 bridgehead atoms. The van der Waals surface area contributed by atoms with Crippen molar-refractivity contribution in [2.24, 2.45) is 5.92 Å². The van der Waals surface area contributed by atoms with Gasteiger partial charge in [0, 0.05) is 24.7 Å². The molecule has 3 heterocycles. The summed E-state index contributed by atoms with van der Waals surface area (Å²) in [4.78, 5) is 27.0. The third-order valence-electron chi connectivity index (χ3n) is 5.68. The second-order valence-corrected chi connectivity index (χ2v) is 7.88. The fourth-order valence-corrected chi connectivity index (χ4v) is 3.86. The Labute approximate surface area is 192 Å². The summed E-state index contributed by atoms with van der Waals surface area (Å²) in [5, 5.41) is 21.9. The maximum absolute atomic E-state index is 15.0. The molecule has 1 aromatic heterocycles.